The Morgan fingerprint density at radius 2 is 0.930 bits per heavy atom. The summed E-state index contributed by atoms with van der Waals surface area (Å²) in [6.45, 7) is 0. The Labute approximate surface area is 291 Å². The molecule has 0 aliphatic carbocycles. The number of aromatic nitrogens is 2. The molecule has 2 N–H and O–H groups in total. The number of hydrogen-bond acceptors (Lipinski definition) is 8. The van der Waals surface area contributed by atoms with Crippen LogP contribution in [0.4, 0.5) is 11.4 Å². The Balaban J connectivity index is 0.000000281. The van der Waals surface area contributed by atoms with Gasteiger partial charge in [0, 0.05) is 22.2 Å². The molecule has 6 rings (SSSR count). The average molecular weight is 731 g/mol. The Hall–Kier alpha value is -2.87. The van der Waals surface area contributed by atoms with Crippen molar-refractivity contribution in [2.75, 3.05) is 14.2 Å². The third kappa shape index (κ3) is 9.56. The molecule has 0 fully saturated rings. The summed E-state index contributed by atoms with van der Waals surface area (Å²) in [7, 11) is 3.28. The molecule has 4 aromatic carbocycles. The number of nitrogens with one attached hydrogen (secondary N) is 2. The van der Waals surface area contributed by atoms with Crippen LogP contribution in [0.2, 0.25) is 0 Å². The molecule has 0 saturated heterocycles. The van der Waals surface area contributed by atoms with Crippen LogP contribution in [0.1, 0.15) is 10.0 Å². The number of benzene rings is 4. The minimum atomic E-state index is 0. The van der Waals surface area contributed by atoms with Crippen molar-refractivity contribution in [1.82, 2.24) is 0 Å². The number of thiazole rings is 2. The third-order valence-electron chi connectivity index (χ3n) is 5.69. The third-order valence-corrected chi connectivity index (χ3v) is 8.69. The number of aliphatic imine (C=N–C) groups is 2. The van der Waals surface area contributed by atoms with Crippen LogP contribution >= 0.6 is 22.7 Å². The van der Waals surface area contributed by atoms with Gasteiger partial charge in [-0.05, 0) is 60.7 Å². The van der Waals surface area contributed by atoms with Gasteiger partial charge in [-0.25, -0.2) is 0 Å². The summed E-state index contributed by atoms with van der Waals surface area (Å²) >= 11 is 14.0. The van der Waals surface area contributed by atoms with Gasteiger partial charge in [-0.1, -0.05) is 46.9 Å². The maximum Gasteiger partial charge on any atom is 2.00 e. The second-order valence-corrected chi connectivity index (χ2v) is 11.2. The van der Waals surface area contributed by atoms with E-state index in [1.807, 2.05) is 84.9 Å². The molecule has 43 heavy (non-hydrogen) atoms. The first-order chi connectivity index (χ1) is 19.5. The molecule has 6 nitrogen and oxygen atoms in total. The Kier molecular flexibility index (Phi) is 14.7. The molecule has 1 radical (unpaired) electrons. The van der Waals surface area contributed by atoms with E-state index >= 15 is 0 Å². The van der Waals surface area contributed by atoms with E-state index < -0.39 is 0 Å². The van der Waals surface area contributed by atoms with Gasteiger partial charge in [0.05, 0.1) is 25.6 Å². The fourth-order valence-electron chi connectivity index (χ4n) is 3.68. The van der Waals surface area contributed by atoms with Crippen molar-refractivity contribution in [2.45, 2.75) is 0 Å². The van der Waals surface area contributed by atoms with Crippen LogP contribution in [0, 0.1) is 0 Å². The first kappa shape index (κ1) is 36.3. The first-order valence-corrected chi connectivity index (χ1v) is 14.6. The summed E-state index contributed by atoms with van der Waals surface area (Å²) < 4.78 is 12.6. The molecule has 2 aromatic heterocycles. The molecule has 0 amide bonds. The molecular weight excluding hydrogens is 706 g/mol. The van der Waals surface area contributed by atoms with Crippen LogP contribution in [0.3, 0.4) is 0 Å². The molecule has 0 aliphatic rings. The Morgan fingerprint density at radius 1 is 0.581 bits per heavy atom. The van der Waals surface area contributed by atoms with Crippen LogP contribution in [0.15, 0.2) is 107 Å². The van der Waals surface area contributed by atoms with E-state index in [9.17, 15) is 0 Å². The van der Waals surface area contributed by atoms with Crippen LogP contribution < -0.4 is 44.3 Å². The topological polar surface area (TPSA) is 71.5 Å². The number of aromatic amines is 2. The van der Waals surface area contributed by atoms with Crippen LogP contribution in [-0.2, 0) is 42.0 Å². The quantitative estimate of drug-likeness (QED) is 0.144. The standard InChI is InChI=1S/2C15H12N2OS2.2ClH.Co/c2*1-18-11-8-6-10(7-9-11)16-14(19)15-17-12-4-2-3-5-13(12)20-15;;;/h2*2-9H,1H3,(H,16,19);2*1H;/q;;;;+2/p-2. The van der Waals surface area contributed by atoms with E-state index in [1.54, 1.807) is 36.9 Å². The maximum absolute atomic E-state index is 5.39. The zero-order valence-corrected chi connectivity index (χ0v) is 28.5. The molecule has 0 bridgehead atoms. The van der Waals surface area contributed by atoms with Gasteiger partial charge in [-0.15, -0.1) is 0 Å². The number of para-hydroxylation sites is 2. The number of nitrogens with zero attached hydrogens (tertiary/aromatic N) is 2. The molecule has 0 saturated carbocycles. The molecule has 2 heterocycles. The van der Waals surface area contributed by atoms with E-state index in [2.05, 4.69) is 32.1 Å². The molecule has 0 aliphatic heterocycles. The summed E-state index contributed by atoms with van der Waals surface area (Å²) in [4.78, 5) is 15.5. The molecular formula is C30H24Cl2CoN4O2S4. The first-order valence-electron chi connectivity index (χ1n) is 12.1. The van der Waals surface area contributed by atoms with E-state index in [0.717, 1.165) is 43.9 Å². The number of methoxy groups -OCH3 is 2. The summed E-state index contributed by atoms with van der Waals surface area (Å²) in [5.41, 5.74) is 3.81. The smallest absolute Gasteiger partial charge is 1.00 e. The number of halogens is 2. The molecule has 6 aromatic rings. The normalized spacial score (nSPS) is 10.9. The monoisotopic (exact) mass is 729 g/mol. The van der Waals surface area contributed by atoms with E-state index in [-0.39, 0.29) is 41.6 Å². The summed E-state index contributed by atoms with van der Waals surface area (Å²) in [6.07, 6.45) is 0. The number of fused-ring (bicyclic) bond motifs is 2. The Bertz CT molecular complexity index is 1610. The summed E-state index contributed by atoms with van der Waals surface area (Å²) in [5, 5.41) is 2.93. The Morgan fingerprint density at radius 3 is 1.26 bits per heavy atom. The number of H-pyrrole nitrogens is 2. The van der Waals surface area contributed by atoms with Crippen LogP contribution in [0.25, 0.3) is 20.4 Å². The minimum Gasteiger partial charge on any atom is -1.00 e. The molecule has 0 unspecified atom stereocenters. The van der Waals surface area contributed by atoms with Gasteiger partial charge in [0.2, 0.25) is 11.0 Å². The second-order valence-electron chi connectivity index (χ2n) is 8.33. The van der Waals surface area contributed by atoms with Crippen molar-refractivity contribution in [2.24, 2.45) is 9.98 Å². The van der Waals surface area contributed by atoms with Crippen molar-refractivity contribution < 1.29 is 61.0 Å². The molecule has 0 atom stereocenters. The summed E-state index contributed by atoms with van der Waals surface area (Å²) in [5.74, 6) is 1.62. The van der Waals surface area contributed by atoms with Crippen molar-refractivity contribution in [1.29, 1.82) is 0 Å². The van der Waals surface area contributed by atoms with E-state index in [4.69, 9.17) is 34.7 Å². The zero-order chi connectivity index (χ0) is 27.9. The number of rotatable bonds is 6. The number of hydrogen-bond donors (Lipinski definition) is 0. The second kappa shape index (κ2) is 17.4. The van der Waals surface area contributed by atoms with Crippen molar-refractivity contribution in [3.63, 3.8) is 0 Å². The van der Waals surface area contributed by atoms with E-state index in [1.165, 1.54) is 9.40 Å². The fraction of sp³-hybridized carbons (Fsp3) is 0.0667. The van der Waals surface area contributed by atoms with Gasteiger partial charge in [0.1, 0.15) is 20.9 Å². The minimum absolute atomic E-state index is 0. The van der Waals surface area contributed by atoms with E-state index in [0.29, 0.717) is 10.1 Å². The number of ether oxygens (including phenoxy) is 2. The molecule has 223 valence electrons. The predicted molar refractivity (Wildman–Crippen MR) is 170 cm³/mol. The van der Waals surface area contributed by atoms with Gasteiger partial charge in [-0.2, -0.15) is 9.97 Å². The van der Waals surface area contributed by atoms with Gasteiger partial charge in [0.15, 0.2) is 0 Å². The maximum atomic E-state index is 5.39. The van der Waals surface area contributed by atoms with Crippen molar-refractivity contribution in [3.8, 4) is 11.5 Å². The van der Waals surface area contributed by atoms with Crippen LogP contribution in [-0.4, -0.2) is 24.3 Å². The van der Waals surface area contributed by atoms with Gasteiger partial charge < -0.3 is 59.5 Å². The fourth-order valence-corrected chi connectivity index (χ4v) is 6.02. The average Bonchev–Trinajstić information content (AvgIpc) is 3.63. The summed E-state index contributed by atoms with van der Waals surface area (Å²) in [6, 6.07) is 31.3. The SMILES string of the molecule is COc1ccc(N=C([S-])c2[nH+]c3ccccc3s2)cc1.COc1ccc(N=C([S-])c2[nH+]c3ccccc3s2)cc1.[Cl-].[Cl-].[Co+2]. The largest absolute Gasteiger partial charge is 2.00 e. The van der Waals surface area contributed by atoms with Gasteiger partial charge >= 0.3 is 16.8 Å². The van der Waals surface area contributed by atoms with Crippen LogP contribution in [0.5, 0.6) is 11.5 Å². The van der Waals surface area contributed by atoms with Gasteiger partial charge in [-0.3, -0.25) is 9.98 Å². The zero-order valence-electron chi connectivity index (χ0n) is 22.7. The van der Waals surface area contributed by atoms with Crippen molar-refractivity contribution in [3.05, 3.63) is 107 Å². The molecule has 0 spiro atoms. The van der Waals surface area contributed by atoms with Crippen molar-refractivity contribution >= 4 is 89.8 Å². The predicted octanol–water partition coefficient (Wildman–Crippen LogP) is 0.704. The van der Waals surface area contributed by atoms with Gasteiger partial charge in [0.25, 0.3) is 10.0 Å². The molecule has 13 heteroatoms.